The zero-order valence-electron chi connectivity index (χ0n) is 15.0. The molecular formula is C20H22FN3O2. The Morgan fingerprint density at radius 2 is 1.77 bits per heavy atom. The van der Waals surface area contributed by atoms with E-state index in [0.29, 0.717) is 11.6 Å². The van der Waals surface area contributed by atoms with Crippen LogP contribution >= 0.6 is 0 Å². The fraction of sp³-hybridized carbons (Fsp3) is 0.250. The Balaban J connectivity index is 1.87. The first-order valence-corrected chi connectivity index (χ1v) is 8.34. The number of hydrazone groups is 1. The number of hydrogen-bond acceptors (Lipinski definition) is 3. The monoisotopic (exact) mass is 355 g/mol. The van der Waals surface area contributed by atoms with E-state index in [4.69, 9.17) is 0 Å². The zero-order chi connectivity index (χ0) is 19.1. The van der Waals surface area contributed by atoms with E-state index >= 15 is 0 Å². The lowest BCUT2D eigenvalue weighted by Crippen LogP contribution is -2.35. The van der Waals surface area contributed by atoms with E-state index in [9.17, 15) is 14.0 Å². The minimum atomic E-state index is -0.523. The van der Waals surface area contributed by atoms with Crippen LogP contribution in [0.15, 0.2) is 53.6 Å². The summed E-state index contributed by atoms with van der Waals surface area (Å²) in [6.45, 7) is 5.77. The second-order valence-corrected chi connectivity index (χ2v) is 6.20. The third-order valence-electron chi connectivity index (χ3n) is 3.84. The summed E-state index contributed by atoms with van der Waals surface area (Å²) in [4.78, 5) is 23.7. The summed E-state index contributed by atoms with van der Waals surface area (Å²) in [6.07, 6.45) is 0. The predicted octanol–water partition coefficient (Wildman–Crippen LogP) is 3.22. The molecule has 0 aromatic heterocycles. The molecule has 2 rings (SSSR count). The highest BCUT2D eigenvalue weighted by atomic mass is 19.1. The molecule has 26 heavy (non-hydrogen) atoms. The lowest BCUT2D eigenvalue weighted by Gasteiger charge is -2.07. The van der Waals surface area contributed by atoms with Crippen LogP contribution in [0, 0.1) is 5.82 Å². The molecule has 5 nitrogen and oxygen atoms in total. The van der Waals surface area contributed by atoms with Gasteiger partial charge in [0.15, 0.2) is 0 Å². The molecule has 0 radical (unpaired) electrons. The van der Waals surface area contributed by atoms with Crippen LogP contribution in [-0.2, 0) is 4.79 Å². The summed E-state index contributed by atoms with van der Waals surface area (Å²) in [7, 11) is 0. The van der Waals surface area contributed by atoms with Crippen molar-refractivity contribution < 1.29 is 14.0 Å². The van der Waals surface area contributed by atoms with Gasteiger partial charge < -0.3 is 5.32 Å². The smallest absolute Gasteiger partial charge is 0.259 e. The van der Waals surface area contributed by atoms with E-state index in [-0.39, 0.29) is 12.1 Å². The summed E-state index contributed by atoms with van der Waals surface area (Å²) in [5.41, 5.74) is 5.34. The first kappa shape index (κ1) is 19.3. The molecule has 2 N–H and O–H groups in total. The standard InChI is InChI=1S/C20H22FN3O2/c1-13(2)15-7-9-16(10-8-15)14(3)23-24-19(25)12-22-20(26)17-5-4-6-18(21)11-17/h4-11,13H,12H2,1-3H3,(H,22,26)(H,24,25)/b23-14-. The molecule has 0 unspecified atom stereocenters. The number of amides is 2. The third-order valence-corrected chi connectivity index (χ3v) is 3.84. The van der Waals surface area contributed by atoms with E-state index in [0.717, 1.165) is 11.6 Å². The Bertz CT molecular complexity index is 814. The minimum Gasteiger partial charge on any atom is -0.343 e. The average molecular weight is 355 g/mol. The molecule has 0 aliphatic heterocycles. The van der Waals surface area contributed by atoms with Crippen LogP contribution in [0.25, 0.3) is 0 Å². The van der Waals surface area contributed by atoms with Crippen molar-refractivity contribution in [3.63, 3.8) is 0 Å². The van der Waals surface area contributed by atoms with Gasteiger partial charge in [-0.15, -0.1) is 0 Å². The van der Waals surface area contributed by atoms with Crippen molar-refractivity contribution in [3.05, 3.63) is 71.0 Å². The molecule has 0 bridgehead atoms. The largest absolute Gasteiger partial charge is 0.343 e. The van der Waals surface area contributed by atoms with Gasteiger partial charge in [-0.1, -0.05) is 44.2 Å². The summed E-state index contributed by atoms with van der Waals surface area (Å²) in [5.74, 6) is -1.05. The highest BCUT2D eigenvalue weighted by molar-refractivity contribution is 6.00. The number of carbonyl (C=O) groups is 2. The van der Waals surface area contributed by atoms with Crippen LogP contribution in [0.5, 0.6) is 0 Å². The fourth-order valence-corrected chi connectivity index (χ4v) is 2.25. The predicted molar refractivity (Wildman–Crippen MR) is 99.6 cm³/mol. The van der Waals surface area contributed by atoms with Crippen molar-refractivity contribution in [3.8, 4) is 0 Å². The van der Waals surface area contributed by atoms with Gasteiger partial charge in [-0.25, -0.2) is 9.82 Å². The van der Waals surface area contributed by atoms with Crippen LogP contribution in [-0.4, -0.2) is 24.1 Å². The van der Waals surface area contributed by atoms with E-state index in [1.807, 2.05) is 24.3 Å². The van der Waals surface area contributed by atoms with Crippen molar-refractivity contribution in [2.24, 2.45) is 5.10 Å². The molecule has 0 aliphatic rings. The van der Waals surface area contributed by atoms with E-state index in [1.54, 1.807) is 6.92 Å². The van der Waals surface area contributed by atoms with Crippen molar-refractivity contribution in [2.45, 2.75) is 26.7 Å². The van der Waals surface area contributed by atoms with Crippen LogP contribution in [0.1, 0.15) is 48.2 Å². The number of hydrogen-bond donors (Lipinski definition) is 2. The summed E-state index contributed by atoms with van der Waals surface area (Å²) in [6, 6.07) is 13.2. The van der Waals surface area contributed by atoms with Gasteiger partial charge in [-0.2, -0.15) is 5.10 Å². The number of rotatable bonds is 6. The maximum absolute atomic E-state index is 13.1. The van der Waals surface area contributed by atoms with Gasteiger partial charge in [0.2, 0.25) is 0 Å². The van der Waals surface area contributed by atoms with Gasteiger partial charge in [0.1, 0.15) is 5.82 Å². The number of benzene rings is 2. The van der Waals surface area contributed by atoms with Crippen LogP contribution in [0.4, 0.5) is 4.39 Å². The molecule has 6 heteroatoms. The van der Waals surface area contributed by atoms with Gasteiger partial charge >= 0.3 is 0 Å². The van der Waals surface area contributed by atoms with Crippen LogP contribution in [0.3, 0.4) is 0 Å². The normalized spacial score (nSPS) is 11.3. The van der Waals surface area contributed by atoms with Crippen LogP contribution < -0.4 is 10.7 Å². The highest BCUT2D eigenvalue weighted by Gasteiger charge is 2.08. The second-order valence-electron chi connectivity index (χ2n) is 6.20. The average Bonchev–Trinajstić information content (AvgIpc) is 2.64. The maximum Gasteiger partial charge on any atom is 0.259 e. The quantitative estimate of drug-likeness (QED) is 0.617. The highest BCUT2D eigenvalue weighted by Crippen LogP contribution is 2.15. The molecule has 0 aliphatic carbocycles. The van der Waals surface area contributed by atoms with Gasteiger partial charge in [-0.3, -0.25) is 9.59 Å². The molecule has 0 heterocycles. The Morgan fingerprint density at radius 3 is 2.38 bits per heavy atom. The molecule has 2 aromatic carbocycles. The number of carbonyl (C=O) groups excluding carboxylic acids is 2. The number of nitrogens with zero attached hydrogens (tertiary/aromatic N) is 1. The first-order chi connectivity index (χ1) is 12.4. The van der Waals surface area contributed by atoms with E-state index < -0.39 is 17.6 Å². The molecule has 0 saturated carbocycles. The van der Waals surface area contributed by atoms with Crippen molar-refractivity contribution in [1.82, 2.24) is 10.7 Å². The SMILES string of the molecule is C/C(=N/NC(=O)CNC(=O)c1cccc(F)c1)c1ccc(C(C)C)cc1. The Morgan fingerprint density at radius 1 is 1.08 bits per heavy atom. The number of halogens is 1. The summed E-state index contributed by atoms with van der Waals surface area (Å²) < 4.78 is 13.1. The molecule has 136 valence electrons. The first-order valence-electron chi connectivity index (χ1n) is 8.34. The summed E-state index contributed by atoms with van der Waals surface area (Å²) in [5, 5.41) is 6.46. The topological polar surface area (TPSA) is 70.6 Å². The van der Waals surface area contributed by atoms with Gasteiger partial charge in [-0.05, 0) is 42.2 Å². The summed E-state index contributed by atoms with van der Waals surface area (Å²) >= 11 is 0. The van der Waals surface area contributed by atoms with Gasteiger partial charge in [0.25, 0.3) is 11.8 Å². The number of nitrogens with one attached hydrogen (secondary N) is 2. The third kappa shape index (κ3) is 5.51. The lowest BCUT2D eigenvalue weighted by atomic mass is 10.0. The molecule has 0 fully saturated rings. The van der Waals surface area contributed by atoms with E-state index in [1.165, 1.54) is 23.8 Å². The maximum atomic E-state index is 13.1. The second kappa shape index (κ2) is 8.89. The van der Waals surface area contributed by atoms with Crippen LogP contribution in [0.2, 0.25) is 0 Å². The van der Waals surface area contributed by atoms with E-state index in [2.05, 4.69) is 29.7 Å². The fourth-order valence-electron chi connectivity index (χ4n) is 2.25. The molecular weight excluding hydrogens is 333 g/mol. The van der Waals surface area contributed by atoms with Crippen molar-refractivity contribution >= 4 is 17.5 Å². The Kier molecular flexibility index (Phi) is 6.60. The lowest BCUT2D eigenvalue weighted by molar-refractivity contribution is -0.120. The minimum absolute atomic E-state index is 0.155. The molecule has 2 aromatic rings. The Labute approximate surface area is 152 Å². The van der Waals surface area contributed by atoms with Gasteiger partial charge in [0, 0.05) is 5.56 Å². The van der Waals surface area contributed by atoms with Crippen molar-refractivity contribution in [1.29, 1.82) is 0 Å². The van der Waals surface area contributed by atoms with Crippen molar-refractivity contribution in [2.75, 3.05) is 6.54 Å². The molecule has 0 atom stereocenters. The zero-order valence-corrected chi connectivity index (χ0v) is 15.0. The van der Waals surface area contributed by atoms with Gasteiger partial charge in [0.05, 0.1) is 12.3 Å². The molecule has 2 amide bonds. The molecule has 0 saturated heterocycles. The Hall–Kier alpha value is -3.02. The molecule has 0 spiro atoms.